The molecule has 0 spiro atoms. The van der Waals surface area contributed by atoms with Gasteiger partial charge in [-0.1, -0.05) is 49.4 Å². The van der Waals surface area contributed by atoms with E-state index < -0.39 is 0 Å². The highest BCUT2D eigenvalue weighted by Gasteiger charge is 2.25. The number of rotatable bonds is 10. The van der Waals surface area contributed by atoms with E-state index >= 15 is 0 Å². The van der Waals surface area contributed by atoms with Gasteiger partial charge in [0.05, 0.1) is 18.6 Å². The molecule has 3 heterocycles. The summed E-state index contributed by atoms with van der Waals surface area (Å²) in [5, 5.41) is 12.6. The SMILES string of the molecule is C.CNCCNC.ClC=Nc1c(NC=NCc2ccccc2)nc(N2CCNCC2)nc1N1CCC1. The van der Waals surface area contributed by atoms with Crippen LogP contribution in [0.5, 0.6) is 0 Å². The second-order valence-electron chi connectivity index (χ2n) is 8.16. The van der Waals surface area contributed by atoms with Crippen LogP contribution in [0.3, 0.4) is 0 Å². The Bertz CT molecular complexity index is 924. The molecule has 0 aliphatic carbocycles. The molecule has 11 heteroatoms. The lowest BCUT2D eigenvalue weighted by atomic mass is 10.2. The number of aromatic nitrogens is 2. The number of likely N-dealkylation sites (N-methyl/N-ethyl adjacent to an activating group) is 2. The molecule has 2 aliphatic heterocycles. The summed E-state index contributed by atoms with van der Waals surface area (Å²) in [7, 11) is 3.88. The Morgan fingerprint density at radius 2 is 1.69 bits per heavy atom. The maximum absolute atomic E-state index is 5.83. The van der Waals surface area contributed by atoms with Crippen LogP contribution < -0.4 is 31.1 Å². The lowest BCUT2D eigenvalue weighted by Gasteiger charge is -2.34. The maximum Gasteiger partial charge on any atom is 0.229 e. The first-order chi connectivity index (χ1) is 17.3. The van der Waals surface area contributed by atoms with E-state index in [0.717, 1.165) is 70.2 Å². The van der Waals surface area contributed by atoms with Crippen molar-refractivity contribution >= 4 is 46.9 Å². The lowest BCUT2D eigenvalue weighted by molar-refractivity contribution is 0.576. The number of nitrogens with zero attached hydrogens (tertiary/aromatic N) is 6. The lowest BCUT2D eigenvalue weighted by Crippen LogP contribution is -2.44. The van der Waals surface area contributed by atoms with Gasteiger partial charge >= 0.3 is 0 Å². The van der Waals surface area contributed by atoms with Gasteiger partial charge in [-0.3, -0.25) is 4.99 Å². The molecular weight excluding hydrogens is 476 g/mol. The molecule has 0 bridgehead atoms. The minimum Gasteiger partial charge on any atom is -0.354 e. The summed E-state index contributed by atoms with van der Waals surface area (Å²) in [5.74, 6) is 2.14. The van der Waals surface area contributed by atoms with Crippen molar-refractivity contribution in [2.24, 2.45) is 9.98 Å². The van der Waals surface area contributed by atoms with Crippen LogP contribution in [0.1, 0.15) is 19.4 Å². The topological polar surface area (TPSA) is 105 Å². The predicted octanol–water partition coefficient (Wildman–Crippen LogP) is 2.70. The molecule has 2 aliphatic rings. The first-order valence-corrected chi connectivity index (χ1v) is 12.5. The van der Waals surface area contributed by atoms with Gasteiger partial charge in [-0.25, -0.2) is 4.99 Å². The average Bonchev–Trinajstić information content (AvgIpc) is 2.87. The van der Waals surface area contributed by atoms with Crippen molar-refractivity contribution in [1.82, 2.24) is 25.9 Å². The number of anilines is 3. The largest absolute Gasteiger partial charge is 0.354 e. The second-order valence-corrected chi connectivity index (χ2v) is 8.35. The van der Waals surface area contributed by atoms with Crippen LogP contribution in [-0.4, -0.2) is 88.4 Å². The number of benzene rings is 1. The first-order valence-electron chi connectivity index (χ1n) is 12.1. The van der Waals surface area contributed by atoms with Crippen molar-refractivity contribution in [1.29, 1.82) is 0 Å². The quantitative estimate of drug-likeness (QED) is 0.217. The van der Waals surface area contributed by atoms with Crippen molar-refractivity contribution < 1.29 is 0 Å². The molecule has 1 aromatic carbocycles. The molecule has 0 atom stereocenters. The van der Waals surface area contributed by atoms with Crippen molar-refractivity contribution in [3.63, 3.8) is 0 Å². The normalized spacial score (nSPS) is 15.3. The smallest absolute Gasteiger partial charge is 0.229 e. The van der Waals surface area contributed by atoms with E-state index in [0.29, 0.717) is 24.0 Å². The summed E-state index contributed by atoms with van der Waals surface area (Å²) in [6.07, 6.45) is 2.82. The van der Waals surface area contributed by atoms with Gasteiger partial charge < -0.3 is 31.1 Å². The molecular formula is C25H41ClN10. The van der Waals surface area contributed by atoms with E-state index in [1.165, 1.54) is 5.67 Å². The second kappa shape index (κ2) is 16.8. The average molecular weight is 517 g/mol. The number of nitrogens with one attached hydrogen (secondary N) is 4. The van der Waals surface area contributed by atoms with Gasteiger partial charge in [-0.2, -0.15) is 9.97 Å². The molecule has 0 saturated carbocycles. The Hall–Kier alpha value is -2.79. The van der Waals surface area contributed by atoms with Gasteiger partial charge in [-0.15, -0.1) is 0 Å². The van der Waals surface area contributed by atoms with Gasteiger partial charge in [0.25, 0.3) is 0 Å². The minimum absolute atomic E-state index is 0. The Morgan fingerprint density at radius 3 is 2.28 bits per heavy atom. The van der Waals surface area contributed by atoms with E-state index in [9.17, 15) is 0 Å². The molecule has 36 heavy (non-hydrogen) atoms. The molecule has 2 saturated heterocycles. The molecule has 1 aromatic heterocycles. The van der Waals surface area contributed by atoms with Crippen molar-refractivity contribution in [2.75, 3.05) is 81.6 Å². The van der Waals surface area contributed by atoms with Crippen LogP contribution in [0, 0.1) is 0 Å². The number of aliphatic imine (C=N–C) groups is 2. The van der Waals surface area contributed by atoms with E-state index in [1.807, 2.05) is 32.3 Å². The minimum atomic E-state index is 0. The van der Waals surface area contributed by atoms with Crippen LogP contribution in [-0.2, 0) is 6.54 Å². The van der Waals surface area contributed by atoms with Crippen LogP contribution in [0.25, 0.3) is 0 Å². The number of hydrogen-bond acceptors (Lipinski definition) is 9. The number of hydrogen-bond donors (Lipinski definition) is 4. The van der Waals surface area contributed by atoms with E-state index in [4.69, 9.17) is 21.6 Å². The molecule has 0 amide bonds. The molecule has 0 radical (unpaired) electrons. The fourth-order valence-electron chi connectivity index (χ4n) is 3.55. The van der Waals surface area contributed by atoms with E-state index in [-0.39, 0.29) is 7.43 Å². The standard InChI is InChI=1S/C20H25ClN8.C4H12N2.CH4/c21-14-24-17-18(25-15-23-13-16-5-2-1-3-6-16)26-20(29-11-7-22-8-12-29)27-19(17)28-9-4-10-28;1-5-3-4-6-2;/h1-3,5-6,14-15,22H,4,7-13H2,(H,23,25,26,27);5-6H,3-4H2,1-2H3;1H4. The van der Waals surface area contributed by atoms with Crippen molar-refractivity contribution in [3.05, 3.63) is 35.9 Å². The summed E-state index contributed by atoms with van der Waals surface area (Å²) < 4.78 is 0. The summed E-state index contributed by atoms with van der Waals surface area (Å²) in [4.78, 5) is 22.8. The molecule has 10 nitrogen and oxygen atoms in total. The third-order valence-electron chi connectivity index (χ3n) is 5.62. The maximum atomic E-state index is 5.83. The predicted molar refractivity (Wildman–Crippen MR) is 155 cm³/mol. The third-order valence-corrected chi connectivity index (χ3v) is 5.72. The van der Waals surface area contributed by atoms with Crippen LogP contribution in [0.15, 0.2) is 40.3 Å². The zero-order valence-corrected chi connectivity index (χ0v) is 21.4. The van der Waals surface area contributed by atoms with Crippen molar-refractivity contribution in [3.8, 4) is 0 Å². The summed E-state index contributed by atoms with van der Waals surface area (Å²) >= 11 is 5.83. The molecule has 2 aromatic rings. The molecule has 198 valence electrons. The van der Waals surface area contributed by atoms with Gasteiger partial charge in [0.1, 0.15) is 5.69 Å². The molecule has 4 rings (SSSR count). The molecule has 4 N–H and O–H groups in total. The Morgan fingerprint density at radius 1 is 1.00 bits per heavy atom. The van der Waals surface area contributed by atoms with Gasteiger partial charge in [0.15, 0.2) is 11.6 Å². The summed E-state index contributed by atoms with van der Waals surface area (Å²) in [5.41, 5.74) is 3.05. The molecule has 2 fully saturated rings. The fourth-order valence-corrected chi connectivity index (χ4v) is 3.64. The van der Waals surface area contributed by atoms with Gasteiger partial charge in [-0.05, 0) is 26.1 Å². The number of piperazine rings is 1. The van der Waals surface area contributed by atoms with E-state index in [2.05, 4.69) is 53.2 Å². The fraction of sp³-hybridized carbons (Fsp3) is 0.520. The summed E-state index contributed by atoms with van der Waals surface area (Å²) in [6, 6.07) is 10.1. The highest BCUT2D eigenvalue weighted by molar-refractivity contribution is 6.56. The van der Waals surface area contributed by atoms with Crippen LogP contribution >= 0.6 is 11.6 Å². The summed E-state index contributed by atoms with van der Waals surface area (Å²) in [6.45, 7) is 8.22. The number of halogens is 1. The Kier molecular flexibility index (Phi) is 13.7. The Labute approximate surface area is 220 Å². The third kappa shape index (κ3) is 9.02. The highest BCUT2D eigenvalue weighted by atomic mass is 35.5. The zero-order chi connectivity index (χ0) is 24.7. The van der Waals surface area contributed by atoms with Gasteiger partial charge in [0, 0.05) is 52.4 Å². The van der Waals surface area contributed by atoms with Crippen LogP contribution in [0.4, 0.5) is 23.3 Å². The van der Waals surface area contributed by atoms with Crippen LogP contribution in [0.2, 0.25) is 0 Å². The molecule has 0 unspecified atom stereocenters. The van der Waals surface area contributed by atoms with E-state index in [1.54, 1.807) is 6.34 Å². The monoisotopic (exact) mass is 516 g/mol. The zero-order valence-electron chi connectivity index (χ0n) is 20.7. The highest BCUT2D eigenvalue weighted by Crippen LogP contribution is 2.37. The first kappa shape index (κ1) is 29.4. The van der Waals surface area contributed by atoms with Gasteiger partial charge in [0.2, 0.25) is 5.95 Å². The Balaban J connectivity index is 0.000000584. The van der Waals surface area contributed by atoms with Crippen molar-refractivity contribution in [2.45, 2.75) is 20.4 Å².